The molecule has 0 radical (unpaired) electrons. The monoisotopic (exact) mass is 274 g/mol. The Balaban J connectivity index is 1.66. The van der Waals surface area contributed by atoms with Gasteiger partial charge in [-0.1, -0.05) is 26.0 Å². The highest BCUT2D eigenvalue weighted by Gasteiger charge is 2.58. The minimum atomic E-state index is -0.0134. The van der Waals surface area contributed by atoms with E-state index in [9.17, 15) is 5.11 Å². The third-order valence-corrected chi connectivity index (χ3v) is 7.96. The lowest BCUT2D eigenvalue weighted by Gasteiger charge is -2.59. The molecule has 2 unspecified atom stereocenters. The van der Waals surface area contributed by atoms with E-state index in [1.165, 1.54) is 38.5 Å². The summed E-state index contributed by atoms with van der Waals surface area (Å²) in [5, 5.41) is 10.2. The molecule has 0 amide bonds. The molecular weight excluding hydrogens is 244 g/mol. The maximum atomic E-state index is 10.2. The molecule has 0 aromatic heterocycles. The summed E-state index contributed by atoms with van der Waals surface area (Å²) in [7, 11) is 0. The number of fused-ring (bicyclic) bond motifs is 5. The molecule has 3 saturated carbocycles. The maximum absolute atomic E-state index is 10.2. The lowest BCUT2D eigenvalue weighted by Crippen LogP contribution is -2.51. The predicted molar refractivity (Wildman–Crippen MR) is 82.3 cm³/mol. The number of allylic oxidation sites excluding steroid dienone is 2. The molecule has 0 saturated heterocycles. The predicted octanol–water partition coefficient (Wildman–Crippen LogP) is 4.56. The van der Waals surface area contributed by atoms with Crippen LogP contribution in [0.4, 0.5) is 0 Å². The van der Waals surface area contributed by atoms with E-state index in [-0.39, 0.29) is 6.10 Å². The zero-order valence-electron chi connectivity index (χ0n) is 13.1. The molecule has 0 aliphatic heterocycles. The van der Waals surface area contributed by atoms with Crippen LogP contribution >= 0.6 is 0 Å². The van der Waals surface area contributed by atoms with Crippen LogP contribution in [0.25, 0.3) is 0 Å². The Hall–Kier alpha value is -0.300. The molecule has 1 heteroatoms. The highest BCUT2D eigenvalue weighted by Crippen LogP contribution is 2.65. The molecule has 112 valence electrons. The van der Waals surface area contributed by atoms with Crippen molar-refractivity contribution in [2.24, 2.45) is 34.5 Å². The zero-order valence-corrected chi connectivity index (χ0v) is 13.1. The summed E-state index contributed by atoms with van der Waals surface area (Å²) >= 11 is 0. The third-order valence-electron chi connectivity index (χ3n) is 7.96. The summed E-state index contributed by atoms with van der Waals surface area (Å²) < 4.78 is 0. The van der Waals surface area contributed by atoms with E-state index >= 15 is 0 Å². The van der Waals surface area contributed by atoms with Gasteiger partial charge in [-0.15, -0.1) is 0 Å². The molecule has 0 aromatic carbocycles. The van der Waals surface area contributed by atoms with Gasteiger partial charge in [0.05, 0.1) is 6.10 Å². The van der Waals surface area contributed by atoms with Crippen molar-refractivity contribution in [2.45, 2.75) is 71.3 Å². The van der Waals surface area contributed by atoms with Crippen LogP contribution < -0.4 is 0 Å². The van der Waals surface area contributed by atoms with Gasteiger partial charge >= 0.3 is 0 Å². The molecule has 4 aliphatic carbocycles. The number of rotatable bonds is 0. The lowest BCUT2D eigenvalue weighted by atomic mass is 9.46. The number of hydrogen-bond donors (Lipinski definition) is 1. The topological polar surface area (TPSA) is 20.2 Å². The quantitative estimate of drug-likeness (QED) is 0.642. The molecule has 3 fully saturated rings. The zero-order chi connectivity index (χ0) is 14.0. The van der Waals surface area contributed by atoms with E-state index in [4.69, 9.17) is 0 Å². The van der Waals surface area contributed by atoms with Crippen molar-refractivity contribution in [1.82, 2.24) is 0 Å². The highest BCUT2D eigenvalue weighted by atomic mass is 16.3. The molecule has 1 nitrogen and oxygen atoms in total. The summed E-state index contributed by atoms with van der Waals surface area (Å²) in [6.45, 7) is 5.06. The van der Waals surface area contributed by atoms with Crippen LogP contribution in [-0.2, 0) is 0 Å². The van der Waals surface area contributed by atoms with E-state index in [1.807, 2.05) is 0 Å². The van der Waals surface area contributed by atoms with Gasteiger partial charge in [0.1, 0.15) is 0 Å². The summed E-state index contributed by atoms with van der Waals surface area (Å²) in [4.78, 5) is 0. The fraction of sp³-hybridized carbons (Fsp3) is 0.895. The van der Waals surface area contributed by atoms with Crippen LogP contribution in [0.1, 0.15) is 65.2 Å². The first-order chi connectivity index (χ1) is 9.53. The largest absolute Gasteiger partial charge is 0.393 e. The van der Waals surface area contributed by atoms with Gasteiger partial charge in [0, 0.05) is 0 Å². The van der Waals surface area contributed by atoms with E-state index in [1.54, 1.807) is 0 Å². The number of hydrogen-bond acceptors (Lipinski definition) is 1. The molecule has 0 bridgehead atoms. The summed E-state index contributed by atoms with van der Waals surface area (Å²) in [5.74, 6) is 3.57. The molecular formula is C19H30O. The van der Waals surface area contributed by atoms with E-state index in [0.717, 1.165) is 36.5 Å². The van der Waals surface area contributed by atoms with Crippen LogP contribution in [-0.4, -0.2) is 11.2 Å². The van der Waals surface area contributed by atoms with Crippen LogP contribution in [0.2, 0.25) is 0 Å². The van der Waals surface area contributed by atoms with Gasteiger partial charge in [0.25, 0.3) is 0 Å². The van der Waals surface area contributed by atoms with Gasteiger partial charge in [0.15, 0.2) is 0 Å². The molecule has 1 N–H and O–H groups in total. The summed E-state index contributed by atoms with van der Waals surface area (Å²) in [6, 6.07) is 0. The van der Waals surface area contributed by atoms with Crippen LogP contribution in [0.5, 0.6) is 0 Å². The molecule has 0 spiro atoms. The lowest BCUT2D eigenvalue weighted by molar-refractivity contribution is -0.0871. The summed E-state index contributed by atoms with van der Waals surface area (Å²) in [5.41, 5.74) is 1.01. The molecule has 4 rings (SSSR count). The third kappa shape index (κ3) is 1.71. The minimum absolute atomic E-state index is 0.0134. The average molecular weight is 274 g/mol. The smallest absolute Gasteiger partial charge is 0.0548 e. The highest BCUT2D eigenvalue weighted by molar-refractivity contribution is 5.11. The minimum Gasteiger partial charge on any atom is -0.393 e. The fourth-order valence-corrected chi connectivity index (χ4v) is 6.86. The Bertz CT molecular complexity index is 427. The summed E-state index contributed by atoms with van der Waals surface area (Å²) in [6.07, 6.45) is 15.3. The first-order valence-electron chi connectivity index (χ1n) is 8.86. The first-order valence-corrected chi connectivity index (χ1v) is 8.86. The van der Waals surface area contributed by atoms with Gasteiger partial charge in [0.2, 0.25) is 0 Å². The number of aliphatic hydroxyl groups excluding tert-OH is 1. The van der Waals surface area contributed by atoms with Gasteiger partial charge in [-0.3, -0.25) is 0 Å². The Labute approximate surface area is 123 Å². The van der Waals surface area contributed by atoms with E-state index in [2.05, 4.69) is 26.0 Å². The van der Waals surface area contributed by atoms with Crippen molar-refractivity contribution in [3.63, 3.8) is 0 Å². The van der Waals surface area contributed by atoms with Crippen LogP contribution in [0.3, 0.4) is 0 Å². The Kier molecular flexibility index (Phi) is 2.91. The van der Waals surface area contributed by atoms with Gasteiger partial charge in [-0.25, -0.2) is 0 Å². The molecule has 0 aromatic rings. The molecule has 0 heterocycles. The second-order valence-corrected chi connectivity index (χ2v) is 8.85. The van der Waals surface area contributed by atoms with Crippen molar-refractivity contribution in [3.05, 3.63) is 12.2 Å². The Morgan fingerprint density at radius 2 is 1.90 bits per heavy atom. The van der Waals surface area contributed by atoms with Crippen molar-refractivity contribution >= 4 is 0 Å². The normalized spacial score (nSPS) is 57.9. The second-order valence-electron chi connectivity index (χ2n) is 8.85. The number of aliphatic hydroxyl groups is 1. The Morgan fingerprint density at radius 3 is 2.75 bits per heavy atom. The second kappa shape index (κ2) is 4.35. The van der Waals surface area contributed by atoms with E-state index < -0.39 is 0 Å². The van der Waals surface area contributed by atoms with Crippen LogP contribution in [0.15, 0.2) is 12.2 Å². The van der Waals surface area contributed by atoms with Crippen LogP contribution in [0, 0.1) is 34.5 Å². The van der Waals surface area contributed by atoms with Crippen molar-refractivity contribution < 1.29 is 5.11 Å². The van der Waals surface area contributed by atoms with E-state index in [0.29, 0.717) is 10.8 Å². The van der Waals surface area contributed by atoms with Crippen molar-refractivity contribution in [3.8, 4) is 0 Å². The van der Waals surface area contributed by atoms with Crippen molar-refractivity contribution in [2.75, 3.05) is 0 Å². The first kappa shape index (κ1) is 13.4. The molecule has 4 aliphatic rings. The van der Waals surface area contributed by atoms with Gasteiger partial charge < -0.3 is 5.11 Å². The fourth-order valence-electron chi connectivity index (χ4n) is 6.86. The SMILES string of the molecule is C[C@]12CC[C@H]3[C@@H](CCC4CC=CC[C@@]43C)[C@@H]1CC(O)C2. The maximum Gasteiger partial charge on any atom is 0.0548 e. The average Bonchev–Trinajstić information content (AvgIpc) is 2.72. The van der Waals surface area contributed by atoms with Gasteiger partial charge in [-0.05, 0) is 85.9 Å². The standard InChI is InChI=1S/C19H30O/c1-18-10-8-16-15(17(18)11-14(20)12-18)7-6-13-5-3-4-9-19(13,16)2/h3-4,13-17,20H,5-12H2,1-2H3/t13?,14?,15-,16+,17+,18-,19+/m1/s1. The molecule has 20 heavy (non-hydrogen) atoms. The molecule has 7 atom stereocenters. The van der Waals surface area contributed by atoms with Crippen molar-refractivity contribution in [1.29, 1.82) is 0 Å². The Morgan fingerprint density at radius 1 is 1.05 bits per heavy atom. The van der Waals surface area contributed by atoms with Gasteiger partial charge in [-0.2, -0.15) is 0 Å².